The number of nitrogens with zero attached hydrogens (tertiary/aromatic N) is 2. The van der Waals surface area contributed by atoms with Gasteiger partial charge in [0.05, 0.1) is 5.52 Å². The summed E-state index contributed by atoms with van der Waals surface area (Å²) >= 11 is 0. The maximum atomic E-state index is 11.8. The fourth-order valence-electron chi connectivity index (χ4n) is 1.91. The second-order valence-electron chi connectivity index (χ2n) is 4.41. The topological polar surface area (TPSA) is 64.1 Å². The number of anilines is 1. The smallest absolute Gasteiger partial charge is 0.263 e. The van der Waals surface area contributed by atoms with Gasteiger partial charge < -0.3 is 10.1 Å². The van der Waals surface area contributed by atoms with Gasteiger partial charge >= 0.3 is 0 Å². The van der Waals surface area contributed by atoms with Crippen LogP contribution in [0, 0.1) is 0 Å². The molecule has 1 aromatic carbocycles. The maximum absolute atomic E-state index is 11.8. The molecule has 0 spiro atoms. The van der Waals surface area contributed by atoms with E-state index in [-0.39, 0.29) is 12.5 Å². The first kappa shape index (κ1) is 13.1. The zero-order valence-corrected chi connectivity index (χ0v) is 11.2. The second-order valence-corrected chi connectivity index (χ2v) is 4.41. The van der Waals surface area contributed by atoms with E-state index in [4.69, 9.17) is 4.74 Å². The van der Waals surface area contributed by atoms with E-state index in [9.17, 15) is 4.79 Å². The molecule has 0 aliphatic heterocycles. The molecule has 2 aromatic heterocycles. The van der Waals surface area contributed by atoms with Gasteiger partial charge in [0.2, 0.25) is 0 Å². The van der Waals surface area contributed by atoms with Crippen LogP contribution >= 0.6 is 0 Å². The van der Waals surface area contributed by atoms with E-state index in [0.717, 1.165) is 10.9 Å². The van der Waals surface area contributed by atoms with Crippen molar-refractivity contribution in [2.45, 2.75) is 0 Å². The highest BCUT2D eigenvalue weighted by Gasteiger charge is 2.04. The summed E-state index contributed by atoms with van der Waals surface area (Å²) in [6.07, 6.45) is 3.36. The van der Waals surface area contributed by atoms with E-state index in [2.05, 4.69) is 15.3 Å². The number of pyridine rings is 2. The van der Waals surface area contributed by atoms with Gasteiger partial charge in [-0.2, -0.15) is 0 Å². The van der Waals surface area contributed by atoms with Crippen LogP contribution in [0.25, 0.3) is 10.9 Å². The lowest BCUT2D eigenvalue weighted by Gasteiger charge is -2.07. The Morgan fingerprint density at radius 2 is 1.95 bits per heavy atom. The lowest BCUT2D eigenvalue weighted by molar-refractivity contribution is -0.118. The molecule has 5 nitrogen and oxygen atoms in total. The van der Waals surface area contributed by atoms with Crippen LogP contribution < -0.4 is 10.1 Å². The molecular formula is C16H13N3O2. The lowest BCUT2D eigenvalue weighted by Crippen LogP contribution is -2.20. The van der Waals surface area contributed by atoms with Crippen molar-refractivity contribution in [1.29, 1.82) is 0 Å². The Morgan fingerprint density at radius 1 is 1.05 bits per heavy atom. The third-order valence-electron chi connectivity index (χ3n) is 2.88. The van der Waals surface area contributed by atoms with Crippen LogP contribution in [0.4, 0.5) is 5.82 Å². The number of amides is 1. The summed E-state index contributed by atoms with van der Waals surface area (Å²) in [6, 6.07) is 14.6. The van der Waals surface area contributed by atoms with Gasteiger partial charge in [-0.15, -0.1) is 0 Å². The number of fused-ring (bicyclic) bond motifs is 1. The second kappa shape index (κ2) is 6.00. The Morgan fingerprint density at radius 3 is 2.81 bits per heavy atom. The van der Waals surface area contributed by atoms with Gasteiger partial charge in [-0.1, -0.05) is 12.1 Å². The van der Waals surface area contributed by atoms with Gasteiger partial charge in [-0.3, -0.25) is 9.78 Å². The van der Waals surface area contributed by atoms with Crippen molar-refractivity contribution < 1.29 is 9.53 Å². The number of benzene rings is 1. The average Bonchev–Trinajstić information content (AvgIpc) is 2.54. The van der Waals surface area contributed by atoms with E-state index in [1.807, 2.05) is 24.3 Å². The van der Waals surface area contributed by atoms with Crippen molar-refractivity contribution in [3.05, 3.63) is 60.9 Å². The van der Waals surface area contributed by atoms with Gasteiger partial charge in [0, 0.05) is 17.8 Å². The molecule has 0 aliphatic rings. The summed E-state index contributed by atoms with van der Waals surface area (Å²) < 4.78 is 5.48. The summed E-state index contributed by atoms with van der Waals surface area (Å²) in [5.41, 5.74) is 0.891. The Labute approximate surface area is 121 Å². The average molecular weight is 279 g/mol. The van der Waals surface area contributed by atoms with Crippen molar-refractivity contribution in [1.82, 2.24) is 9.97 Å². The molecule has 0 fully saturated rings. The highest BCUT2D eigenvalue weighted by molar-refractivity contribution is 5.91. The third kappa shape index (κ3) is 3.33. The summed E-state index contributed by atoms with van der Waals surface area (Å²) in [6.45, 7) is -0.0671. The minimum atomic E-state index is -0.250. The van der Waals surface area contributed by atoms with Crippen LogP contribution in [-0.4, -0.2) is 22.5 Å². The van der Waals surface area contributed by atoms with Gasteiger partial charge in [0.15, 0.2) is 6.61 Å². The molecule has 1 amide bonds. The molecule has 0 saturated carbocycles. The zero-order valence-electron chi connectivity index (χ0n) is 11.2. The Bertz CT molecular complexity index is 760. The number of hydrogen-bond donors (Lipinski definition) is 1. The molecule has 0 bridgehead atoms. The van der Waals surface area contributed by atoms with Crippen LogP contribution in [0.2, 0.25) is 0 Å². The zero-order chi connectivity index (χ0) is 14.5. The number of carbonyl (C=O) groups is 1. The fraction of sp³-hybridized carbons (Fsp3) is 0.0625. The van der Waals surface area contributed by atoms with Crippen LogP contribution in [0.1, 0.15) is 0 Å². The van der Waals surface area contributed by atoms with Crippen molar-refractivity contribution in [3.8, 4) is 5.75 Å². The highest BCUT2D eigenvalue weighted by Crippen LogP contribution is 2.18. The molecular weight excluding hydrogens is 266 g/mol. The Hall–Kier alpha value is -2.95. The minimum Gasteiger partial charge on any atom is -0.484 e. The molecule has 3 aromatic rings. The quantitative estimate of drug-likeness (QED) is 0.797. The summed E-state index contributed by atoms with van der Waals surface area (Å²) in [5, 5.41) is 3.63. The van der Waals surface area contributed by atoms with Crippen molar-refractivity contribution in [2.24, 2.45) is 0 Å². The summed E-state index contributed by atoms with van der Waals surface area (Å²) in [5.74, 6) is 0.889. The van der Waals surface area contributed by atoms with Crippen molar-refractivity contribution >= 4 is 22.6 Å². The Kier molecular flexibility index (Phi) is 3.73. The maximum Gasteiger partial charge on any atom is 0.263 e. The molecule has 0 saturated heterocycles. The van der Waals surface area contributed by atoms with E-state index < -0.39 is 0 Å². The van der Waals surface area contributed by atoms with Gasteiger partial charge in [-0.05, 0) is 36.4 Å². The van der Waals surface area contributed by atoms with Crippen LogP contribution in [-0.2, 0) is 4.79 Å². The molecule has 0 unspecified atom stereocenters. The number of aromatic nitrogens is 2. The molecule has 2 heterocycles. The summed E-state index contributed by atoms with van der Waals surface area (Å²) in [7, 11) is 0. The van der Waals surface area contributed by atoms with E-state index >= 15 is 0 Å². The summed E-state index contributed by atoms with van der Waals surface area (Å²) in [4.78, 5) is 20.0. The van der Waals surface area contributed by atoms with Gasteiger partial charge in [0.1, 0.15) is 11.6 Å². The van der Waals surface area contributed by atoms with Gasteiger partial charge in [0.25, 0.3) is 5.91 Å². The molecule has 0 atom stereocenters. The highest BCUT2D eigenvalue weighted by atomic mass is 16.5. The third-order valence-corrected chi connectivity index (χ3v) is 2.88. The first-order chi connectivity index (χ1) is 10.3. The SMILES string of the molecule is O=C(COc1ccc2ncccc2c1)Nc1ccccn1. The number of rotatable bonds is 4. The predicted molar refractivity (Wildman–Crippen MR) is 80.1 cm³/mol. The standard InChI is InChI=1S/C16H13N3O2/c20-16(19-15-5-1-2-8-18-15)11-21-13-6-7-14-12(10-13)4-3-9-17-14/h1-10H,11H2,(H,18,19,20). The number of hydrogen-bond acceptors (Lipinski definition) is 4. The normalized spacial score (nSPS) is 10.3. The largest absolute Gasteiger partial charge is 0.484 e. The Balaban J connectivity index is 1.62. The molecule has 0 radical (unpaired) electrons. The van der Waals surface area contributed by atoms with Crippen LogP contribution in [0.3, 0.4) is 0 Å². The minimum absolute atomic E-state index is 0.0671. The molecule has 0 aliphatic carbocycles. The van der Waals surface area contributed by atoms with Crippen molar-refractivity contribution in [2.75, 3.05) is 11.9 Å². The van der Waals surface area contributed by atoms with E-state index in [0.29, 0.717) is 11.6 Å². The first-order valence-electron chi connectivity index (χ1n) is 6.50. The molecule has 21 heavy (non-hydrogen) atoms. The molecule has 5 heteroatoms. The first-order valence-corrected chi connectivity index (χ1v) is 6.50. The van der Waals surface area contributed by atoms with E-state index in [1.54, 1.807) is 36.7 Å². The fourth-order valence-corrected chi connectivity index (χ4v) is 1.91. The van der Waals surface area contributed by atoms with Crippen LogP contribution in [0.15, 0.2) is 60.9 Å². The monoisotopic (exact) mass is 279 g/mol. The van der Waals surface area contributed by atoms with Crippen LogP contribution in [0.5, 0.6) is 5.75 Å². The molecule has 1 N–H and O–H groups in total. The molecule has 3 rings (SSSR count). The molecule has 104 valence electrons. The lowest BCUT2D eigenvalue weighted by atomic mass is 10.2. The van der Waals surface area contributed by atoms with Gasteiger partial charge in [-0.25, -0.2) is 4.98 Å². The predicted octanol–water partition coefficient (Wildman–Crippen LogP) is 2.65. The number of nitrogens with one attached hydrogen (secondary N) is 1. The number of ether oxygens (including phenoxy) is 1. The van der Waals surface area contributed by atoms with E-state index in [1.165, 1.54) is 0 Å². The number of carbonyl (C=O) groups excluding carboxylic acids is 1. The van der Waals surface area contributed by atoms with Crippen molar-refractivity contribution in [3.63, 3.8) is 0 Å².